The van der Waals surface area contributed by atoms with E-state index in [4.69, 9.17) is 0 Å². The van der Waals surface area contributed by atoms with Gasteiger partial charge in [0.2, 0.25) is 0 Å². The highest BCUT2D eigenvalue weighted by Gasteiger charge is 2.06. The van der Waals surface area contributed by atoms with Crippen molar-refractivity contribution in [1.82, 2.24) is 9.97 Å². The van der Waals surface area contributed by atoms with E-state index in [1.54, 1.807) is 0 Å². The maximum Gasteiger partial charge on any atom is 0.191 e. The number of hydrogen-bond donors (Lipinski definition) is 2. The minimum absolute atomic E-state index is 0.735. The van der Waals surface area contributed by atoms with Crippen molar-refractivity contribution in [3.8, 4) is 0 Å². The van der Waals surface area contributed by atoms with Crippen LogP contribution in [0.15, 0.2) is 38.4 Å². The molecule has 0 aliphatic heterocycles. The average molecular weight is 418 g/mol. The molecule has 0 saturated carbocycles. The first-order valence-electron chi connectivity index (χ1n) is 6.01. The third kappa shape index (κ3) is 4.10. The van der Waals surface area contributed by atoms with Crippen molar-refractivity contribution in [2.75, 3.05) is 23.4 Å². The molecule has 2 N–H and O–H groups in total. The molecule has 0 atom stereocenters. The SMILES string of the molecule is CCNc1cc(Nc2ccc(Br)cc2Br)nc(SC)n1. The molecule has 0 aliphatic carbocycles. The molecule has 0 aliphatic rings. The van der Waals surface area contributed by atoms with Crippen molar-refractivity contribution in [3.63, 3.8) is 0 Å². The zero-order valence-corrected chi connectivity index (χ0v) is 15.1. The third-order valence-corrected chi connectivity index (χ3v) is 4.14. The van der Waals surface area contributed by atoms with Gasteiger partial charge in [0.05, 0.1) is 5.69 Å². The smallest absolute Gasteiger partial charge is 0.191 e. The van der Waals surface area contributed by atoms with E-state index in [0.29, 0.717) is 0 Å². The van der Waals surface area contributed by atoms with E-state index < -0.39 is 0 Å². The van der Waals surface area contributed by atoms with Gasteiger partial charge in [-0.2, -0.15) is 0 Å². The zero-order valence-electron chi connectivity index (χ0n) is 11.1. The van der Waals surface area contributed by atoms with E-state index in [1.165, 1.54) is 11.8 Å². The van der Waals surface area contributed by atoms with Crippen LogP contribution >= 0.6 is 43.6 Å². The number of thioether (sulfide) groups is 1. The summed E-state index contributed by atoms with van der Waals surface area (Å²) >= 11 is 8.49. The first-order chi connectivity index (χ1) is 9.62. The van der Waals surface area contributed by atoms with E-state index in [-0.39, 0.29) is 0 Å². The summed E-state index contributed by atoms with van der Waals surface area (Å²) in [5.74, 6) is 1.59. The quantitative estimate of drug-likeness (QED) is 0.535. The van der Waals surface area contributed by atoms with Crippen LogP contribution in [0.25, 0.3) is 0 Å². The van der Waals surface area contributed by atoms with Crippen molar-refractivity contribution in [2.24, 2.45) is 0 Å². The molecule has 7 heteroatoms. The van der Waals surface area contributed by atoms with Crippen LogP contribution in [-0.2, 0) is 0 Å². The van der Waals surface area contributed by atoms with Crippen LogP contribution in [0, 0.1) is 0 Å². The van der Waals surface area contributed by atoms with Gasteiger partial charge in [-0.15, -0.1) is 0 Å². The van der Waals surface area contributed by atoms with Crippen LogP contribution in [0.2, 0.25) is 0 Å². The molecule has 106 valence electrons. The first-order valence-corrected chi connectivity index (χ1v) is 8.82. The molecule has 1 aromatic carbocycles. The van der Waals surface area contributed by atoms with Crippen molar-refractivity contribution in [3.05, 3.63) is 33.2 Å². The Balaban J connectivity index is 2.29. The van der Waals surface area contributed by atoms with Crippen LogP contribution < -0.4 is 10.6 Å². The maximum absolute atomic E-state index is 4.46. The fourth-order valence-corrected chi connectivity index (χ4v) is 3.11. The Labute approximate surface area is 139 Å². The number of benzene rings is 1. The number of hydrogen-bond acceptors (Lipinski definition) is 5. The third-order valence-electron chi connectivity index (χ3n) is 2.44. The molecule has 20 heavy (non-hydrogen) atoms. The lowest BCUT2D eigenvalue weighted by Gasteiger charge is -2.11. The standard InChI is InChI=1S/C13H14Br2N4S/c1-3-16-11-7-12(19-13(18-11)20-2)17-10-5-4-8(14)6-9(10)15/h4-7H,3H2,1-2H3,(H2,16,17,18,19). The number of nitrogens with zero attached hydrogens (tertiary/aromatic N) is 2. The van der Waals surface area contributed by atoms with Crippen molar-refractivity contribution in [2.45, 2.75) is 12.1 Å². The Morgan fingerprint density at radius 2 is 1.90 bits per heavy atom. The summed E-state index contributed by atoms with van der Waals surface area (Å²) in [5, 5.41) is 7.24. The average Bonchev–Trinajstić information content (AvgIpc) is 2.42. The molecule has 0 bridgehead atoms. The molecule has 1 aromatic heterocycles. The largest absolute Gasteiger partial charge is 0.370 e. The highest BCUT2D eigenvalue weighted by Crippen LogP contribution is 2.29. The van der Waals surface area contributed by atoms with Crippen molar-refractivity contribution in [1.29, 1.82) is 0 Å². The van der Waals surface area contributed by atoms with Gasteiger partial charge in [-0.25, -0.2) is 9.97 Å². The monoisotopic (exact) mass is 416 g/mol. The molecule has 0 radical (unpaired) electrons. The van der Waals surface area contributed by atoms with E-state index in [1.807, 2.05) is 37.4 Å². The summed E-state index contributed by atoms with van der Waals surface area (Å²) < 4.78 is 2.00. The van der Waals surface area contributed by atoms with Gasteiger partial charge in [0, 0.05) is 21.6 Å². The molecular weight excluding hydrogens is 404 g/mol. The summed E-state index contributed by atoms with van der Waals surface area (Å²) in [4.78, 5) is 8.86. The van der Waals surface area contributed by atoms with E-state index >= 15 is 0 Å². The van der Waals surface area contributed by atoms with Crippen LogP contribution in [0.1, 0.15) is 6.92 Å². The number of halogens is 2. The van der Waals surface area contributed by atoms with Crippen LogP contribution in [0.3, 0.4) is 0 Å². The molecule has 0 amide bonds. The lowest BCUT2D eigenvalue weighted by atomic mass is 10.3. The highest BCUT2D eigenvalue weighted by atomic mass is 79.9. The summed E-state index contributed by atoms with van der Waals surface area (Å²) in [6, 6.07) is 7.86. The normalized spacial score (nSPS) is 10.4. The molecule has 4 nitrogen and oxygen atoms in total. The summed E-state index contributed by atoms with van der Waals surface area (Å²) in [7, 11) is 0. The molecule has 0 fully saturated rings. The van der Waals surface area contributed by atoms with E-state index in [9.17, 15) is 0 Å². The fourth-order valence-electron chi connectivity index (χ4n) is 1.58. The van der Waals surface area contributed by atoms with Crippen LogP contribution in [0.5, 0.6) is 0 Å². The predicted molar refractivity (Wildman–Crippen MR) is 93.1 cm³/mol. The number of aromatic nitrogens is 2. The Morgan fingerprint density at radius 3 is 2.55 bits per heavy atom. The molecule has 0 spiro atoms. The van der Waals surface area contributed by atoms with Gasteiger partial charge >= 0.3 is 0 Å². The van der Waals surface area contributed by atoms with E-state index in [0.717, 1.165) is 38.0 Å². The van der Waals surface area contributed by atoms with Gasteiger partial charge in [-0.05, 0) is 47.3 Å². The molecule has 1 heterocycles. The number of rotatable bonds is 5. The van der Waals surface area contributed by atoms with Gasteiger partial charge in [0.25, 0.3) is 0 Å². The number of anilines is 3. The lowest BCUT2D eigenvalue weighted by molar-refractivity contribution is 0.967. The predicted octanol–water partition coefficient (Wildman–Crippen LogP) is 4.90. The molecule has 2 aromatic rings. The first kappa shape index (κ1) is 15.6. The molecule has 0 saturated heterocycles. The molecule has 0 unspecified atom stereocenters. The van der Waals surface area contributed by atoms with Gasteiger partial charge in [-0.1, -0.05) is 27.7 Å². The maximum atomic E-state index is 4.46. The molecular formula is C13H14Br2N4S. The van der Waals surface area contributed by atoms with Gasteiger partial charge in [-0.3, -0.25) is 0 Å². The van der Waals surface area contributed by atoms with Gasteiger partial charge < -0.3 is 10.6 Å². The Morgan fingerprint density at radius 1 is 1.15 bits per heavy atom. The Kier molecular flexibility index (Phi) is 5.68. The second-order valence-corrected chi connectivity index (χ2v) is 6.45. The Hall–Kier alpha value is -0.790. The minimum atomic E-state index is 0.735. The van der Waals surface area contributed by atoms with Crippen molar-refractivity contribution >= 4 is 60.9 Å². The van der Waals surface area contributed by atoms with Gasteiger partial charge in [0.1, 0.15) is 11.6 Å². The fraction of sp³-hybridized carbons (Fsp3) is 0.231. The number of nitrogens with one attached hydrogen (secondary N) is 2. The molecule has 2 rings (SSSR count). The van der Waals surface area contributed by atoms with Crippen LogP contribution in [-0.4, -0.2) is 22.8 Å². The van der Waals surface area contributed by atoms with Crippen molar-refractivity contribution < 1.29 is 0 Å². The summed E-state index contributed by atoms with van der Waals surface area (Å²) in [6.07, 6.45) is 1.96. The lowest BCUT2D eigenvalue weighted by Crippen LogP contribution is -2.03. The summed E-state index contributed by atoms with van der Waals surface area (Å²) in [6.45, 7) is 2.87. The van der Waals surface area contributed by atoms with Crippen LogP contribution in [0.4, 0.5) is 17.3 Å². The second-order valence-electron chi connectivity index (χ2n) is 3.90. The summed E-state index contributed by atoms with van der Waals surface area (Å²) in [5.41, 5.74) is 0.960. The Bertz CT molecular complexity index is 607. The minimum Gasteiger partial charge on any atom is -0.370 e. The topological polar surface area (TPSA) is 49.8 Å². The highest BCUT2D eigenvalue weighted by molar-refractivity contribution is 9.11. The second kappa shape index (κ2) is 7.28. The van der Waals surface area contributed by atoms with Gasteiger partial charge in [0.15, 0.2) is 5.16 Å². The zero-order chi connectivity index (χ0) is 14.5. The van der Waals surface area contributed by atoms with E-state index in [2.05, 4.69) is 52.5 Å².